The number of ether oxygens (including phenoxy) is 1. The van der Waals surface area contributed by atoms with Crippen LogP contribution in [0.2, 0.25) is 0 Å². The number of likely N-dealkylation sites (tertiary alicyclic amines) is 1. The lowest BCUT2D eigenvalue weighted by Crippen LogP contribution is -2.37. The molecular formula is C20H33N3O3. The minimum absolute atomic E-state index is 0.182. The van der Waals surface area contributed by atoms with Crippen LogP contribution in [0, 0.1) is 6.92 Å². The fraction of sp³-hybridized carbons (Fsp3) is 0.700. The predicted octanol–water partition coefficient (Wildman–Crippen LogP) is 1.97. The van der Waals surface area contributed by atoms with Gasteiger partial charge in [-0.1, -0.05) is 13.8 Å². The Hall–Kier alpha value is -1.66. The second-order valence-corrected chi connectivity index (χ2v) is 6.96. The first kappa shape index (κ1) is 20.6. The summed E-state index contributed by atoms with van der Waals surface area (Å²) in [5.41, 5.74) is 1.91. The third kappa shape index (κ3) is 4.74. The summed E-state index contributed by atoms with van der Waals surface area (Å²) in [4.78, 5) is 27.7. The van der Waals surface area contributed by atoms with Gasteiger partial charge in [-0.05, 0) is 45.7 Å². The highest BCUT2D eigenvalue weighted by atomic mass is 16.5. The summed E-state index contributed by atoms with van der Waals surface area (Å²) in [5, 5.41) is 2.87. The Morgan fingerprint density at radius 1 is 1.38 bits per heavy atom. The summed E-state index contributed by atoms with van der Waals surface area (Å²) in [6.45, 7) is 10.3. The first-order chi connectivity index (χ1) is 12.5. The minimum Gasteiger partial charge on any atom is -0.385 e. The van der Waals surface area contributed by atoms with Gasteiger partial charge in [0.05, 0.1) is 0 Å². The lowest BCUT2D eigenvalue weighted by atomic mass is 10.1. The molecule has 1 saturated heterocycles. The van der Waals surface area contributed by atoms with Gasteiger partial charge in [0.2, 0.25) is 0 Å². The van der Waals surface area contributed by atoms with Crippen LogP contribution in [-0.2, 0) is 17.7 Å². The molecule has 0 aliphatic carbocycles. The monoisotopic (exact) mass is 363 g/mol. The van der Waals surface area contributed by atoms with Crippen LogP contribution in [0.25, 0.3) is 0 Å². The number of nitrogens with zero attached hydrogens (tertiary/aromatic N) is 2. The molecule has 0 saturated carbocycles. The Morgan fingerprint density at radius 2 is 2.15 bits per heavy atom. The SMILES string of the molecule is CCc1c(C(=O)NCCCOC)c(=O)cc(C)n1CC1CCCN1CC. The van der Waals surface area contributed by atoms with E-state index in [-0.39, 0.29) is 11.3 Å². The van der Waals surface area contributed by atoms with Crippen molar-refractivity contribution in [2.45, 2.75) is 59.0 Å². The molecule has 6 heteroatoms. The molecule has 1 aromatic heterocycles. The summed E-state index contributed by atoms with van der Waals surface area (Å²) in [6.07, 6.45) is 3.78. The Bertz CT molecular complexity index is 669. The van der Waals surface area contributed by atoms with Crippen LogP contribution in [0.3, 0.4) is 0 Å². The molecule has 1 aliphatic heterocycles. The largest absolute Gasteiger partial charge is 0.385 e. The van der Waals surface area contributed by atoms with E-state index >= 15 is 0 Å². The fourth-order valence-corrected chi connectivity index (χ4v) is 3.93. The van der Waals surface area contributed by atoms with Crippen molar-refractivity contribution in [3.8, 4) is 0 Å². The number of carbonyl (C=O) groups excluding carboxylic acids is 1. The number of nitrogens with one attached hydrogen (secondary N) is 1. The summed E-state index contributed by atoms with van der Waals surface area (Å²) in [6, 6.07) is 2.08. The van der Waals surface area contributed by atoms with Gasteiger partial charge in [0.1, 0.15) is 5.56 Å². The van der Waals surface area contributed by atoms with Crippen molar-refractivity contribution in [3.63, 3.8) is 0 Å². The van der Waals surface area contributed by atoms with Crippen LogP contribution < -0.4 is 10.7 Å². The van der Waals surface area contributed by atoms with E-state index in [0.29, 0.717) is 31.2 Å². The van der Waals surface area contributed by atoms with Crippen molar-refractivity contribution < 1.29 is 9.53 Å². The molecule has 6 nitrogen and oxygen atoms in total. The molecule has 26 heavy (non-hydrogen) atoms. The van der Waals surface area contributed by atoms with Gasteiger partial charge in [0.15, 0.2) is 5.43 Å². The number of carbonyl (C=O) groups is 1. The van der Waals surface area contributed by atoms with Gasteiger partial charge in [-0.2, -0.15) is 0 Å². The highest BCUT2D eigenvalue weighted by Crippen LogP contribution is 2.21. The first-order valence-electron chi connectivity index (χ1n) is 9.77. The fourth-order valence-electron chi connectivity index (χ4n) is 3.93. The minimum atomic E-state index is -0.268. The van der Waals surface area contributed by atoms with Crippen LogP contribution in [0.1, 0.15) is 54.9 Å². The number of aromatic nitrogens is 1. The number of hydrogen-bond donors (Lipinski definition) is 1. The Morgan fingerprint density at radius 3 is 2.81 bits per heavy atom. The molecule has 1 aromatic rings. The standard InChI is InChI=1S/C20H33N3O3/c1-5-17-19(20(25)21-10-8-12-26-4)18(24)13-15(3)23(17)14-16-9-7-11-22(16)6-2/h13,16H,5-12,14H2,1-4H3,(H,21,25). The zero-order valence-electron chi connectivity index (χ0n) is 16.6. The van der Waals surface area contributed by atoms with E-state index in [2.05, 4.69) is 21.7 Å². The van der Waals surface area contributed by atoms with Crippen molar-refractivity contribution in [3.05, 3.63) is 33.2 Å². The molecule has 1 aliphatic rings. The summed E-state index contributed by atoms with van der Waals surface area (Å²) in [7, 11) is 1.64. The van der Waals surface area contributed by atoms with Crippen molar-refractivity contribution in [2.75, 3.05) is 33.4 Å². The second kappa shape index (κ2) is 9.88. The number of pyridine rings is 1. The van der Waals surface area contributed by atoms with E-state index in [0.717, 1.165) is 37.4 Å². The first-order valence-corrected chi connectivity index (χ1v) is 9.77. The summed E-state index contributed by atoms with van der Waals surface area (Å²) >= 11 is 0. The maximum Gasteiger partial charge on any atom is 0.257 e. The molecule has 1 N–H and O–H groups in total. The summed E-state index contributed by atoms with van der Waals surface area (Å²) in [5.74, 6) is -0.268. The average molecular weight is 364 g/mol. The quantitative estimate of drug-likeness (QED) is 0.682. The van der Waals surface area contributed by atoms with Crippen LogP contribution >= 0.6 is 0 Å². The molecule has 0 radical (unpaired) electrons. The van der Waals surface area contributed by atoms with Crippen LogP contribution in [0.5, 0.6) is 0 Å². The number of likely N-dealkylation sites (N-methyl/N-ethyl adjacent to an activating group) is 1. The predicted molar refractivity (Wildman–Crippen MR) is 104 cm³/mol. The number of rotatable bonds is 9. The molecule has 1 fully saturated rings. The van der Waals surface area contributed by atoms with E-state index in [1.165, 1.54) is 12.8 Å². The van der Waals surface area contributed by atoms with Gasteiger partial charge in [-0.3, -0.25) is 14.5 Å². The lowest BCUT2D eigenvalue weighted by Gasteiger charge is -2.27. The highest BCUT2D eigenvalue weighted by Gasteiger charge is 2.26. The number of amides is 1. The molecule has 1 unspecified atom stereocenters. The number of aryl methyl sites for hydroxylation is 1. The molecule has 0 spiro atoms. The van der Waals surface area contributed by atoms with Gasteiger partial charge in [0.25, 0.3) is 5.91 Å². The van der Waals surface area contributed by atoms with Gasteiger partial charge >= 0.3 is 0 Å². The Balaban J connectivity index is 2.28. The van der Waals surface area contributed by atoms with Crippen molar-refractivity contribution in [2.24, 2.45) is 0 Å². The molecule has 2 heterocycles. The van der Waals surface area contributed by atoms with Gasteiger partial charge in [0, 0.05) is 50.3 Å². The third-order valence-corrected chi connectivity index (χ3v) is 5.30. The van der Waals surface area contributed by atoms with E-state index in [1.807, 2.05) is 13.8 Å². The smallest absolute Gasteiger partial charge is 0.257 e. The molecular weight excluding hydrogens is 330 g/mol. The number of hydrogen-bond acceptors (Lipinski definition) is 4. The van der Waals surface area contributed by atoms with Crippen LogP contribution in [0.15, 0.2) is 10.9 Å². The Labute approximate surface area is 156 Å². The molecule has 1 atom stereocenters. The van der Waals surface area contributed by atoms with Gasteiger partial charge in [-0.25, -0.2) is 0 Å². The highest BCUT2D eigenvalue weighted by molar-refractivity contribution is 5.95. The zero-order chi connectivity index (χ0) is 19.1. The maximum atomic E-state index is 12.7. The van der Waals surface area contributed by atoms with E-state index in [4.69, 9.17) is 4.74 Å². The molecule has 1 amide bonds. The Kier molecular flexibility index (Phi) is 7.85. The lowest BCUT2D eigenvalue weighted by molar-refractivity contribution is 0.0945. The van der Waals surface area contributed by atoms with Crippen molar-refractivity contribution in [1.29, 1.82) is 0 Å². The molecule has 2 rings (SSSR count). The average Bonchev–Trinajstić information content (AvgIpc) is 3.07. The third-order valence-electron chi connectivity index (χ3n) is 5.30. The van der Waals surface area contributed by atoms with Gasteiger partial charge < -0.3 is 14.6 Å². The molecule has 0 aromatic carbocycles. The van der Waals surface area contributed by atoms with Crippen molar-refractivity contribution >= 4 is 5.91 Å². The van der Waals surface area contributed by atoms with E-state index in [9.17, 15) is 9.59 Å². The molecule has 0 bridgehead atoms. The topological polar surface area (TPSA) is 63.6 Å². The van der Waals surface area contributed by atoms with Crippen molar-refractivity contribution in [1.82, 2.24) is 14.8 Å². The second-order valence-electron chi connectivity index (χ2n) is 6.96. The van der Waals surface area contributed by atoms with E-state index in [1.54, 1.807) is 13.2 Å². The van der Waals surface area contributed by atoms with Crippen LogP contribution in [0.4, 0.5) is 0 Å². The normalized spacial score (nSPS) is 17.6. The maximum absolute atomic E-state index is 12.7. The van der Waals surface area contributed by atoms with Crippen LogP contribution in [-0.4, -0.2) is 54.8 Å². The van der Waals surface area contributed by atoms with E-state index < -0.39 is 0 Å². The summed E-state index contributed by atoms with van der Waals surface area (Å²) < 4.78 is 7.19. The zero-order valence-corrected chi connectivity index (χ0v) is 16.6. The van der Waals surface area contributed by atoms with Gasteiger partial charge in [-0.15, -0.1) is 0 Å². The molecule has 146 valence electrons. The number of methoxy groups -OCH3 is 1.